The molecule has 2 amide bonds. The highest BCUT2D eigenvalue weighted by atomic mass is 35.5. The summed E-state index contributed by atoms with van der Waals surface area (Å²) in [5.41, 5.74) is 6.82. The average Bonchev–Trinajstić information content (AvgIpc) is 3.17. The molecule has 0 radical (unpaired) electrons. The van der Waals surface area contributed by atoms with Crippen molar-refractivity contribution < 1.29 is 24.2 Å². The number of ether oxygens (including phenoxy) is 1. The fraction of sp³-hybridized carbons (Fsp3) is 0.316. The highest BCUT2D eigenvalue weighted by Gasteiger charge is 2.24. The summed E-state index contributed by atoms with van der Waals surface area (Å²) in [6, 6.07) is 1.76. The second kappa shape index (κ2) is 11.2. The summed E-state index contributed by atoms with van der Waals surface area (Å²) in [5, 5.41) is 19.0. The zero-order chi connectivity index (χ0) is 22.3. The molecule has 162 valence electrons. The lowest BCUT2D eigenvalue weighted by molar-refractivity contribution is -0.143. The molecule has 0 saturated carbocycles. The van der Waals surface area contributed by atoms with Crippen LogP contribution in [-0.2, 0) is 20.9 Å². The van der Waals surface area contributed by atoms with Gasteiger partial charge in [-0.25, -0.2) is 0 Å². The molecule has 1 atom stereocenters. The number of amides is 2. The molecule has 2 aromatic rings. The number of phenolic OH excluding ortho intramolecular Hbond substituents is 1. The Bertz CT molecular complexity index is 935. The SMILES string of the molecule is CCOC(=O)C[C@H](NC(=O)CNC(=O)c1cscc1CN)c1cc(Cl)cc(Cl)c1O. The van der Waals surface area contributed by atoms with E-state index in [0.29, 0.717) is 11.1 Å². The quantitative estimate of drug-likeness (QED) is 0.414. The molecule has 0 aliphatic carbocycles. The number of benzene rings is 1. The van der Waals surface area contributed by atoms with E-state index in [1.807, 2.05) is 0 Å². The van der Waals surface area contributed by atoms with Gasteiger partial charge in [0.1, 0.15) is 5.75 Å². The lowest BCUT2D eigenvalue weighted by atomic mass is 10.0. The highest BCUT2D eigenvalue weighted by molar-refractivity contribution is 7.08. The van der Waals surface area contributed by atoms with Crippen LogP contribution in [0.3, 0.4) is 0 Å². The number of nitrogens with one attached hydrogen (secondary N) is 2. The summed E-state index contributed by atoms with van der Waals surface area (Å²) in [7, 11) is 0. The van der Waals surface area contributed by atoms with Crippen molar-refractivity contribution in [1.82, 2.24) is 10.6 Å². The van der Waals surface area contributed by atoms with Crippen molar-refractivity contribution in [2.45, 2.75) is 25.9 Å². The normalized spacial score (nSPS) is 11.6. The third-order valence-electron chi connectivity index (χ3n) is 4.06. The van der Waals surface area contributed by atoms with Crippen LogP contribution in [0.2, 0.25) is 10.0 Å². The first-order valence-corrected chi connectivity index (χ1v) is 10.6. The molecule has 0 bridgehead atoms. The lowest BCUT2D eigenvalue weighted by Crippen LogP contribution is -2.39. The molecule has 0 saturated heterocycles. The number of phenols is 1. The minimum Gasteiger partial charge on any atom is -0.506 e. The maximum atomic E-state index is 12.4. The van der Waals surface area contributed by atoms with Crippen LogP contribution in [0.15, 0.2) is 22.9 Å². The summed E-state index contributed by atoms with van der Waals surface area (Å²) in [6.45, 7) is 1.65. The number of aromatic hydroxyl groups is 1. The third-order valence-corrected chi connectivity index (χ3v) is 5.36. The van der Waals surface area contributed by atoms with Crippen molar-refractivity contribution in [2.75, 3.05) is 13.2 Å². The monoisotopic (exact) mass is 473 g/mol. The predicted molar refractivity (Wildman–Crippen MR) is 115 cm³/mol. The fourth-order valence-electron chi connectivity index (χ4n) is 2.66. The van der Waals surface area contributed by atoms with Gasteiger partial charge in [-0.3, -0.25) is 14.4 Å². The van der Waals surface area contributed by atoms with E-state index in [9.17, 15) is 19.5 Å². The molecule has 1 aromatic heterocycles. The Labute approximate surface area is 187 Å². The number of esters is 1. The van der Waals surface area contributed by atoms with E-state index >= 15 is 0 Å². The number of carbonyl (C=O) groups excluding carboxylic acids is 3. The lowest BCUT2D eigenvalue weighted by Gasteiger charge is -2.20. The molecule has 0 spiro atoms. The second-order valence-corrected chi connectivity index (χ2v) is 7.74. The molecule has 11 heteroatoms. The minimum absolute atomic E-state index is 0.0271. The Kier molecular flexibility index (Phi) is 8.91. The van der Waals surface area contributed by atoms with E-state index in [1.54, 1.807) is 17.7 Å². The Hall–Kier alpha value is -2.33. The Morgan fingerprint density at radius 1 is 1.27 bits per heavy atom. The zero-order valence-electron chi connectivity index (χ0n) is 16.0. The van der Waals surface area contributed by atoms with Crippen LogP contribution in [0.4, 0.5) is 0 Å². The maximum Gasteiger partial charge on any atom is 0.308 e. The molecule has 0 aliphatic heterocycles. The molecule has 8 nitrogen and oxygen atoms in total. The second-order valence-electron chi connectivity index (χ2n) is 6.15. The number of halogens is 2. The molecule has 0 aliphatic rings. The largest absolute Gasteiger partial charge is 0.506 e. The predicted octanol–water partition coefficient (Wildman–Crippen LogP) is 2.76. The Balaban J connectivity index is 2.12. The van der Waals surface area contributed by atoms with Crippen molar-refractivity contribution in [3.05, 3.63) is 49.6 Å². The maximum absolute atomic E-state index is 12.4. The van der Waals surface area contributed by atoms with E-state index in [-0.39, 0.29) is 47.5 Å². The van der Waals surface area contributed by atoms with Gasteiger partial charge >= 0.3 is 5.97 Å². The summed E-state index contributed by atoms with van der Waals surface area (Å²) in [5.74, 6) is -1.93. The number of hydrogen-bond donors (Lipinski definition) is 4. The van der Waals surface area contributed by atoms with E-state index in [0.717, 1.165) is 0 Å². The third kappa shape index (κ3) is 6.33. The highest BCUT2D eigenvalue weighted by Crippen LogP contribution is 2.36. The van der Waals surface area contributed by atoms with Gasteiger partial charge < -0.3 is 26.2 Å². The molecule has 1 heterocycles. The molecule has 0 fully saturated rings. The van der Waals surface area contributed by atoms with Gasteiger partial charge in [-0.05, 0) is 30.0 Å². The summed E-state index contributed by atoms with van der Waals surface area (Å²) < 4.78 is 4.93. The van der Waals surface area contributed by atoms with Crippen molar-refractivity contribution in [3.8, 4) is 5.75 Å². The van der Waals surface area contributed by atoms with Crippen LogP contribution in [0, 0.1) is 0 Å². The van der Waals surface area contributed by atoms with Gasteiger partial charge in [-0.1, -0.05) is 23.2 Å². The number of carbonyl (C=O) groups is 3. The fourth-order valence-corrected chi connectivity index (χ4v) is 4.02. The van der Waals surface area contributed by atoms with E-state index in [1.165, 1.54) is 23.5 Å². The topological polar surface area (TPSA) is 131 Å². The van der Waals surface area contributed by atoms with E-state index < -0.39 is 23.8 Å². The molecule has 1 aromatic carbocycles. The Morgan fingerprint density at radius 2 is 2.00 bits per heavy atom. The first-order chi connectivity index (χ1) is 14.3. The molecule has 2 rings (SSSR count). The number of nitrogens with two attached hydrogens (primary N) is 1. The van der Waals surface area contributed by atoms with Gasteiger partial charge in [-0.2, -0.15) is 11.3 Å². The van der Waals surface area contributed by atoms with Crippen molar-refractivity contribution in [2.24, 2.45) is 5.73 Å². The summed E-state index contributed by atoms with van der Waals surface area (Å²) in [6.07, 6.45) is -0.264. The van der Waals surface area contributed by atoms with Gasteiger partial charge in [0.25, 0.3) is 5.91 Å². The van der Waals surface area contributed by atoms with Gasteiger partial charge in [-0.15, -0.1) is 0 Å². The first-order valence-electron chi connectivity index (χ1n) is 8.93. The molecule has 5 N–H and O–H groups in total. The molecular formula is C19H21Cl2N3O5S. The molecule has 30 heavy (non-hydrogen) atoms. The van der Waals surface area contributed by atoms with E-state index in [4.69, 9.17) is 33.7 Å². The van der Waals surface area contributed by atoms with Gasteiger partial charge in [0.05, 0.1) is 36.2 Å². The number of rotatable bonds is 9. The summed E-state index contributed by atoms with van der Waals surface area (Å²) in [4.78, 5) is 36.7. The van der Waals surface area contributed by atoms with Gasteiger partial charge in [0, 0.05) is 22.5 Å². The van der Waals surface area contributed by atoms with Gasteiger partial charge in [0.15, 0.2) is 0 Å². The standard InChI is InChI=1S/C19H21Cl2N3O5S/c1-2-29-17(26)5-15(12-3-11(20)4-14(21)18(12)27)24-16(25)7-23-19(28)13-9-30-8-10(13)6-22/h3-4,8-9,15,27H,2,5-7,22H2,1H3,(H,23,28)(H,24,25)/t15-/m0/s1. The van der Waals surface area contributed by atoms with Crippen LogP contribution >= 0.6 is 34.5 Å². The minimum atomic E-state index is -0.967. The van der Waals surface area contributed by atoms with Crippen LogP contribution in [0.1, 0.15) is 40.9 Å². The van der Waals surface area contributed by atoms with Crippen LogP contribution < -0.4 is 16.4 Å². The van der Waals surface area contributed by atoms with Crippen LogP contribution in [-0.4, -0.2) is 36.0 Å². The summed E-state index contributed by atoms with van der Waals surface area (Å²) >= 11 is 13.3. The number of hydrogen-bond acceptors (Lipinski definition) is 7. The van der Waals surface area contributed by atoms with Crippen molar-refractivity contribution in [3.63, 3.8) is 0 Å². The smallest absolute Gasteiger partial charge is 0.308 e. The van der Waals surface area contributed by atoms with Crippen molar-refractivity contribution >= 4 is 52.3 Å². The Morgan fingerprint density at radius 3 is 2.67 bits per heavy atom. The number of thiophene rings is 1. The van der Waals surface area contributed by atoms with Crippen LogP contribution in [0.25, 0.3) is 0 Å². The van der Waals surface area contributed by atoms with Crippen molar-refractivity contribution in [1.29, 1.82) is 0 Å². The first kappa shape index (κ1) is 23.9. The van der Waals surface area contributed by atoms with Crippen LogP contribution in [0.5, 0.6) is 5.75 Å². The average molecular weight is 474 g/mol. The molecule has 0 unspecified atom stereocenters. The van der Waals surface area contributed by atoms with Gasteiger partial charge in [0.2, 0.25) is 5.91 Å². The molecular weight excluding hydrogens is 453 g/mol. The zero-order valence-corrected chi connectivity index (χ0v) is 18.4. The van der Waals surface area contributed by atoms with E-state index in [2.05, 4.69) is 10.6 Å².